The number of fused-ring (bicyclic) bond motifs is 1. The summed E-state index contributed by atoms with van der Waals surface area (Å²) in [5.74, 6) is -0.134. The minimum atomic E-state index is -1.01. The summed E-state index contributed by atoms with van der Waals surface area (Å²) in [5.41, 5.74) is 1.19. The van der Waals surface area contributed by atoms with E-state index in [2.05, 4.69) is 5.32 Å². The van der Waals surface area contributed by atoms with Crippen molar-refractivity contribution >= 4 is 11.9 Å². The van der Waals surface area contributed by atoms with Crippen LogP contribution in [-0.4, -0.2) is 41.5 Å². The summed E-state index contributed by atoms with van der Waals surface area (Å²) >= 11 is 0. The molecule has 0 amide bonds. The zero-order valence-corrected chi connectivity index (χ0v) is 18.1. The van der Waals surface area contributed by atoms with Gasteiger partial charge in [-0.3, -0.25) is 14.9 Å². The number of esters is 1. The van der Waals surface area contributed by atoms with Gasteiger partial charge in [-0.1, -0.05) is 36.4 Å². The van der Waals surface area contributed by atoms with Crippen molar-refractivity contribution in [3.63, 3.8) is 0 Å². The van der Waals surface area contributed by atoms with E-state index in [0.29, 0.717) is 30.8 Å². The van der Waals surface area contributed by atoms with E-state index in [4.69, 9.17) is 14.2 Å². The first-order valence-corrected chi connectivity index (χ1v) is 10.4. The topological polar surface area (TPSA) is 94.1 Å². The van der Waals surface area contributed by atoms with Crippen LogP contribution >= 0.6 is 0 Å². The van der Waals surface area contributed by atoms with Crippen molar-refractivity contribution in [1.29, 1.82) is 0 Å². The van der Waals surface area contributed by atoms with Gasteiger partial charge >= 0.3 is 11.9 Å². The second-order valence-corrected chi connectivity index (χ2v) is 8.56. The number of carboxylic acid groups (broad SMARTS) is 1. The van der Waals surface area contributed by atoms with Crippen LogP contribution < -0.4 is 14.8 Å². The van der Waals surface area contributed by atoms with E-state index in [1.807, 2.05) is 48.5 Å². The summed E-state index contributed by atoms with van der Waals surface area (Å²) in [4.78, 5) is 24.8. The molecule has 1 aliphatic rings. The maximum Gasteiger partial charge on any atom is 0.324 e. The third-order valence-electron chi connectivity index (χ3n) is 4.83. The number of carboxylic acids is 1. The van der Waals surface area contributed by atoms with E-state index in [0.717, 1.165) is 11.1 Å². The quantitative estimate of drug-likeness (QED) is 0.593. The van der Waals surface area contributed by atoms with E-state index in [-0.39, 0.29) is 6.79 Å². The summed E-state index contributed by atoms with van der Waals surface area (Å²) in [6.45, 7) is 5.56. The van der Waals surface area contributed by atoms with Crippen molar-refractivity contribution in [3.05, 3.63) is 59.7 Å². The van der Waals surface area contributed by atoms with Crippen molar-refractivity contribution in [1.82, 2.24) is 5.32 Å². The Morgan fingerprint density at radius 3 is 2.42 bits per heavy atom. The second kappa shape index (κ2) is 9.83. The lowest BCUT2D eigenvalue weighted by Gasteiger charge is -2.27. The number of nitrogens with one attached hydrogen (secondary N) is 1. The van der Waals surface area contributed by atoms with Gasteiger partial charge in [0.2, 0.25) is 6.79 Å². The van der Waals surface area contributed by atoms with Crippen LogP contribution in [0.25, 0.3) is 0 Å². The van der Waals surface area contributed by atoms with Crippen LogP contribution in [0.4, 0.5) is 0 Å². The Balaban J connectivity index is 1.70. The molecule has 0 saturated carbocycles. The van der Waals surface area contributed by atoms with E-state index < -0.39 is 29.6 Å². The minimum Gasteiger partial charge on any atom is -0.480 e. The van der Waals surface area contributed by atoms with Gasteiger partial charge in [0.05, 0.1) is 0 Å². The fourth-order valence-corrected chi connectivity index (χ4v) is 3.36. The first-order valence-electron chi connectivity index (χ1n) is 10.4. The molecule has 1 unspecified atom stereocenters. The zero-order valence-electron chi connectivity index (χ0n) is 18.1. The number of ether oxygens (including phenoxy) is 3. The molecule has 0 fully saturated rings. The lowest BCUT2D eigenvalue weighted by atomic mass is 10.0. The van der Waals surface area contributed by atoms with Gasteiger partial charge in [0.1, 0.15) is 17.7 Å². The molecule has 0 saturated heterocycles. The van der Waals surface area contributed by atoms with E-state index in [9.17, 15) is 14.7 Å². The molecule has 7 heteroatoms. The Morgan fingerprint density at radius 1 is 1.03 bits per heavy atom. The maximum atomic E-state index is 12.8. The van der Waals surface area contributed by atoms with Crippen molar-refractivity contribution in [3.8, 4) is 11.5 Å². The Hall–Kier alpha value is -3.06. The maximum absolute atomic E-state index is 12.8. The summed E-state index contributed by atoms with van der Waals surface area (Å²) < 4.78 is 16.2. The molecule has 0 radical (unpaired) electrons. The molecule has 0 spiro atoms. The molecule has 1 heterocycles. The number of benzene rings is 2. The molecule has 1 aliphatic heterocycles. The van der Waals surface area contributed by atoms with Gasteiger partial charge in [-0.05, 0) is 63.3 Å². The van der Waals surface area contributed by atoms with Gasteiger partial charge < -0.3 is 19.3 Å². The molecule has 166 valence electrons. The van der Waals surface area contributed by atoms with Crippen LogP contribution in [-0.2, 0) is 27.2 Å². The Kier molecular flexibility index (Phi) is 7.17. The average molecular weight is 427 g/mol. The third kappa shape index (κ3) is 6.72. The molecule has 31 heavy (non-hydrogen) atoms. The molecule has 2 N–H and O–H groups in total. The molecule has 2 aromatic rings. The largest absolute Gasteiger partial charge is 0.480 e. The van der Waals surface area contributed by atoms with E-state index in [1.54, 1.807) is 20.8 Å². The Labute approximate surface area is 182 Å². The van der Waals surface area contributed by atoms with E-state index >= 15 is 0 Å². The van der Waals surface area contributed by atoms with Crippen LogP contribution in [0.15, 0.2) is 48.5 Å². The number of hydrogen-bond donors (Lipinski definition) is 2. The van der Waals surface area contributed by atoms with Crippen LogP contribution in [0.5, 0.6) is 11.5 Å². The minimum absolute atomic E-state index is 0.190. The molecular formula is C24H29NO6. The second-order valence-electron chi connectivity index (χ2n) is 8.56. The van der Waals surface area contributed by atoms with Gasteiger partial charge in [-0.25, -0.2) is 0 Å². The Morgan fingerprint density at radius 2 is 1.74 bits per heavy atom. The number of aliphatic carboxylic acids is 1. The molecule has 2 aromatic carbocycles. The molecule has 0 aliphatic carbocycles. The highest BCUT2D eigenvalue weighted by Gasteiger charge is 2.30. The molecular weight excluding hydrogens is 398 g/mol. The van der Waals surface area contributed by atoms with Gasteiger partial charge in [0.25, 0.3) is 0 Å². The molecule has 3 rings (SSSR count). The predicted molar refractivity (Wildman–Crippen MR) is 115 cm³/mol. The lowest BCUT2D eigenvalue weighted by Crippen LogP contribution is -2.50. The summed E-state index contributed by atoms with van der Waals surface area (Å²) in [6.07, 6.45) is 1.15. The van der Waals surface area contributed by atoms with Gasteiger partial charge in [0, 0.05) is 0 Å². The fraction of sp³-hybridized carbons (Fsp3) is 0.417. The number of carbonyl (C=O) groups excluding carboxylic acids is 1. The summed E-state index contributed by atoms with van der Waals surface area (Å²) in [6, 6.07) is 13.4. The summed E-state index contributed by atoms with van der Waals surface area (Å²) in [7, 11) is 0. The van der Waals surface area contributed by atoms with Gasteiger partial charge in [-0.15, -0.1) is 0 Å². The number of aryl methyl sites for hydroxylation is 1. The van der Waals surface area contributed by atoms with Crippen LogP contribution in [0.2, 0.25) is 0 Å². The average Bonchev–Trinajstić information content (AvgIpc) is 3.17. The molecule has 0 aromatic heterocycles. The van der Waals surface area contributed by atoms with Crippen LogP contribution in [0.3, 0.4) is 0 Å². The predicted octanol–water partition coefficient (Wildman–Crippen LogP) is 3.34. The summed E-state index contributed by atoms with van der Waals surface area (Å²) in [5, 5.41) is 12.8. The molecule has 0 bridgehead atoms. The number of hydrogen-bond acceptors (Lipinski definition) is 6. The van der Waals surface area contributed by atoms with Crippen molar-refractivity contribution in [2.45, 2.75) is 57.7 Å². The van der Waals surface area contributed by atoms with Crippen LogP contribution in [0, 0.1) is 0 Å². The highest BCUT2D eigenvalue weighted by Crippen LogP contribution is 2.32. The highest BCUT2D eigenvalue weighted by molar-refractivity contribution is 5.79. The first-order chi connectivity index (χ1) is 14.7. The smallest absolute Gasteiger partial charge is 0.324 e. The monoisotopic (exact) mass is 427 g/mol. The SMILES string of the molecule is CC(C)(C)OC(=O)C(Cc1ccccc1)N[C@@H](CCc1ccc2c(c1)OCO2)C(=O)O. The number of rotatable bonds is 9. The standard InChI is InChI=1S/C24H29NO6/c1-24(2,3)31-23(28)19(13-16-7-5-4-6-8-16)25-18(22(26)27)11-9-17-10-12-20-21(14-17)30-15-29-20/h4-8,10,12,14,18-19,25H,9,11,13,15H2,1-3H3,(H,26,27)/t18-,19?/m0/s1. The lowest BCUT2D eigenvalue weighted by molar-refractivity contribution is -0.158. The number of carbonyl (C=O) groups is 2. The molecule has 7 nitrogen and oxygen atoms in total. The van der Waals surface area contributed by atoms with Crippen molar-refractivity contribution in [2.24, 2.45) is 0 Å². The first kappa shape index (κ1) is 22.6. The van der Waals surface area contributed by atoms with Crippen LogP contribution in [0.1, 0.15) is 38.3 Å². The zero-order chi connectivity index (χ0) is 22.4. The van der Waals surface area contributed by atoms with Gasteiger partial charge in [0.15, 0.2) is 11.5 Å². The highest BCUT2D eigenvalue weighted by atomic mass is 16.7. The van der Waals surface area contributed by atoms with Crippen molar-refractivity contribution in [2.75, 3.05) is 6.79 Å². The fourth-order valence-electron chi connectivity index (χ4n) is 3.36. The van der Waals surface area contributed by atoms with Gasteiger partial charge in [-0.2, -0.15) is 0 Å². The van der Waals surface area contributed by atoms with Crippen molar-refractivity contribution < 1.29 is 28.9 Å². The normalized spacial score (nSPS) is 14.7. The molecule has 2 atom stereocenters. The van der Waals surface area contributed by atoms with E-state index in [1.165, 1.54) is 0 Å². The Bertz CT molecular complexity index is 906. The third-order valence-corrected chi connectivity index (χ3v) is 4.83.